The summed E-state index contributed by atoms with van der Waals surface area (Å²) < 4.78 is 21.5. The quantitative estimate of drug-likeness (QED) is 0.181. The largest absolute Gasteiger partial charge is 0.504 e. The van der Waals surface area contributed by atoms with Crippen molar-refractivity contribution in [1.82, 2.24) is 0 Å². The number of methoxy groups -OCH3 is 2. The molecule has 1 aromatic heterocycles. The lowest BCUT2D eigenvalue weighted by molar-refractivity contribution is -0.141. The minimum Gasteiger partial charge on any atom is -0.504 e. The molecule has 0 spiro atoms. The van der Waals surface area contributed by atoms with E-state index in [0.29, 0.717) is 11.1 Å². The minimum atomic E-state index is -1.20. The minimum absolute atomic E-state index is 0.0981. The van der Waals surface area contributed by atoms with Crippen molar-refractivity contribution >= 4 is 22.9 Å². The van der Waals surface area contributed by atoms with Gasteiger partial charge in [-0.2, -0.15) is 0 Å². The molecule has 4 aromatic rings. The van der Waals surface area contributed by atoms with E-state index in [2.05, 4.69) is 0 Å². The average molecular weight is 536 g/mol. The van der Waals surface area contributed by atoms with E-state index in [9.17, 15) is 29.7 Å². The summed E-state index contributed by atoms with van der Waals surface area (Å²) in [5.74, 6) is -5.34. The first kappa shape index (κ1) is 26.9. The van der Waals surface area contributed by atoms with Crippen LogP contribution in [0.15, 0.2) is 63.8 Å². The fourth-order valence-corrected chi connectivity index (χ4v) is 4.24. The van der Waals surface area contributed by atoms with Crippen molar-refractivity contribution in [2.24, 2.45) is 0 Å². The van der Waals surface area contributed by atoms with Crippen LogP contribution in [0.1, 0.15) is 23.5 Å². The standard InChI is InChI=1S/C28H24O11/c1-36-20-10-15(8-9-18(20)38-13-21(30)31)16(11-22(32)37-2)23-25(33)27(35)26(34)24-17(29)12-19(39-28(23)24)14-6-4-3-5-7-14/h3-10,12,16,33-35H,11,13H2,1-2H3,(H,30,31). The van der Waals surface area contributed by atoms with E-state index in [1.54, 1.807) is 30.3 Å². The number of phenols is 3. The van der Waals surface area contributed by atoms with Crippen molar-refractivity contribution in [1.29, 1.82) is 0 Å². The lowest BCUT2D eigenvalue weighted by Gasteiger charge is -2.22. The summed E-state index contributed by atoms with van der Waals surface area (Å²) in [6.07, 6.45) is -0.388. The molecule has 0 aliphatic carbocycles. The highest BCUT2D eigenvalue weighted by atomic mass is 16.5. The number of benzene rings is 3. The number of fused-ring (bicyclic) bond motifs is 1. The van der Waals surface area contributed by atoms with E-state index in [1.165, 1.54) is 32.4 Å². The van der Waals surface area contributed by atoms with Gasteiger partial charge in [-0.15, -0.1) is 0 Å². The molecule has 202 valence electrons. The maximum atomic E-state index is 13.1. The molecule has 4 rings (SSSR count). The Morgan fingerprint density at radius 3 is 2.28 bits per heavy atom. The highest BCUT2D eigenvalue weighted by molar-refractivity contribution is 5.93. The van der Waals surface area contributed by atoms with Gasteiger partial charge in [-0.05, 0) is 17.7 Å². The summed E-state index contributed by atoms with van der Waals surface area (Å²) in [7, 11) is 2.50. The summed E-state index contributed by atoms with van der Waals surface area (Å²) in [5, 5.41) is 40.7. The fraction of sp³-hybridized carbons (Fsp3) is 0.179. The summed E-state index contributed by atoms with van der Waals surface area (Å²) in [6.45, 7) is -0.633. The highest BCUT2D eigenvalue weighted by Gasteiger charge is 2.31. The maximum absolute atomic E-state index is 13.1. The van der Waals surface area contributed by atoms with E-state index in [1.807, 2.05) is 0 Å². The van der Waals surface area contributed by atoms with Gasteiger partial charge < -0.3 is 39.1 Å². The third-order valence-corrected chi connectivity index (χ3v) is 6.08. The monoisotopic (exact) mass is 536 g/mol. The molecular weight excluding hydrogens is 512 g/mol. The number of hydrogen-bond donors (Lipinski definition) is 4. The Labute approximate surface area is 221 Å². The second kappa shape index (κ2) is 11.1. The molecule has 0 radical (unpaired) electrons. The summed E-state index contributed by atoms with van der Waals surface area (Å²) >= 11 is 0. The van der Waals surface area contributed by atoms with Crippen molar-refractivity contribution in [3.8, 4) is 40.1 Å². The normalized spacial score (nSPS) is 11.6. The molecule has 11 heteroatoms. The first-order chi connectivity index (χ1) is 18.7. The van der Waals surface area contributed by atoms with Crippen molar-refractivity contribution in [2.75, 3.05) is 20.8 Å². The van der Waals surface area contributed by atoms with Crippen LogP contribution in [0.25, 0.3) is 22.3 Å². The smallest absolute Gasteiger partial charge is 0.341 e. The van der Waals surface area contributed by atoms with Gasteiger partial charge in [0.2, 0.25) is 5.75 Å². The molecule has 1 unspecified atom stereocenters. The maximum Gasteiger partial charge on any atom is 0.341 e. The van der Waals surface area contributed by atoms with Gasteiger partial charge in [0.25, 0.3) is 0 Å². The Hall–Kier alpha value is -5.19. The van der Waals surface area contributed by atoms with Crippen LogP contribution in [0.5, 0.6) is 28.7 Å². The van der Waals surface area contributed by atoms with Crippen molar-refractivity contribution < 1.29 is 48.6 Å². The molecule has 0 aliphatic rings. The molecule has 0 saturated carbocycles. The molecular formula is C28H24O11. The number of carbonyl (C=O) groups is 2. The number of hydrogen-bond acceptors (Lipinski definition) is 10. The van der Waals surface area contributed by atoms with E-state index in [4.69, 9.17) is 23.7 Å². The number of phenolic OH excluding ortho intramolecular Hbond substituents is 3. The number of rotatable bonds is 9. The zero-order valence-electron chi connectivity index (χ0n) is 20.8. The van der Waals surface area contributed by atoms with E-state index >= 15 is 0 Å². The lowest BCUT2D eigenvalue weighted by atomic mass is 9.86. The Morgan fingerprint density at radius 2 is 1.64 bits per heavy atom. The topological polar surface area (TPSA) is 173 Å². The van der Waals surface area contributed by atoms with E-state index in [-0.39, 0.29) is 34.8 Å². The molecule has 1 heterocycles. The Bertz CT molecular complexity index is 1610. The van der Waals surface area contributed by atoms with Gasteiger partial charge >= 0.3 is 11.9 Å². The molecule has 3 aromatic carbocycles. The van der Waals surface area contributed by atoms with E-state index < -0.39 is 52.5 Å². The second-order valence-corrected chi connectivity index (χ2v) is 8.43. The molecule has 0 saturated heterocycles. The number of aliphatic carboxylic acids is 1. The number of ether oxygens (including phenoxy) is 3. The molecule has 4 N–H and O–H groups in total. The Kier molecular flexibility index (Phi) is 7.61. The average Bonchev–Trinajstić information content (AvgIpc) is 2.94. The second-order valence-electron chi connectivity index (χ2n) is 8.43. The fourth-order valence-electron chi connectivity index (χ4n) is 4.24. The molecule has 0 bridgehead atoms. The zero-order chi connectivity index (χ0) is 28.3. The van der Waals surface area contributed by atoms with Gasteiger partial charge in [-0.1, -0.05) is 36.4 Å². The number of esters is 1. The van der Waals surface area contributed by atoms with Crippen LogP contribution in [-0.4, -0.2) is 53.2 Å². The molecule has 1 atom stereocenters. The Balaban J connectivity index is 2.01. The summed E-state index contributed by atoms with van der Waals surface area (Å²) in [5.41, 5.74) is -0.263. The predicted octanol–water partition coefficient (Wildman–Crippen LogP) is 3.74. The third-order valence-electron chi connectivity index (χ3n) is 6.08. The number of carboxylic acids is 1. The number of carbonyl (C=O) groups excluding carboxylic acids is 1. The van der Waals surface area contributed by atoms with Gasteiger partial charge in [0.05, 0.1) is 20.6 Å². The van der Waals surface area contributed by atoms with Crippen molar-refractivity contribution in [3.05, 3.63) is 75.9 Å². The van der Waals surface area contributed by atoms with Crippen LogP contribution in [0, 0.1) is 0 Å². The molecule has 0 fully saturated rings. The van der Waals surface area contributed by atoms with Gasteiger partial charge in [0.1, 0.15) is 16.7 Å². The summed E-state index contributed by atoms with van der Waals surface area (Å²) in [4.78, 5) is 36.6. The SMILES string of the molecule is COC(=O)CC(c1ccc(OCC(=O)O)c(OC)c1)c1c(O)c(O)c(O)c2c(=O)cc(-c3ccccc3)oc12. The number of aromatic hydroxyl groups is 3. The third kappa shape index (κ3) is 5.28. The highest BCUT2D eigenvalue weighted by Crippen LogP contribution is 2.50. The van der Waals surface area contributed by atoms with Crippen molar-refractivity contribution in [2.45, 2.75) is 12.3 Å². The van der Waals surface area contributed by atoms with Crippen LogP contribution < -0.4 is 14.9 Å². The zero-order valence-corrected chi connectivity index (χ0v) is 20.8. The summed E-state index contributed by atoms with van der Waals surface area (Å²) in [6, 6.07) is 14.1. The molecule has 0 amide bonds. The van der Waals surface area contributed by atoms with Gasteiger partial charge in [0, 0.05) is 23.1 Å². The Morgan fingerprint density at radius 1 is 0.923 bits per heavy atom. The predicted molar refractivity (Wildman–Crippen MR) is 138 cm³/mol. The first-order valence-corrected chi connectivity index (χ1v) is 11.6. The van der Waals surface area contributed by atoms with Crippen LogP contribution in [0.2, 0.25) is 0 Å². The lowest BCUT2D eigenvalue weighted by Crippen LogP contribution is -2.13. The van der Waals surface area contributed by atoms with Crippen molar-refractivity contribution in [3.63, 3.8) is 0 Å². The van der Waals surface area contributed by atoms with Gasteiger partial charge in [-0.25, -0.2) is 4.79 Å². The molecule has 11 nitrogen and oxygen atoms in total. The first-order valence-electron chi connectivity index (χ1n) is 11.6. The van der Waals surface area contributed by atoms with E-state index in [0.717, 1.165) is 6.07 Å². The van der Waals surface area contributed by atoms with Gasteiger partial charge in [0.15, 0.2) is 35.0 Å². The van der Waals surface area contributed by atoms with Crippen LogP contribution in [-0.2, 0) is 14.3 Å². The number of carboxylic acid groups (broad SMARTS) is 1. The van der Waals surface area contributed by atoms with Crippen LogP contribution in [0.4, 0.5) is 0 Å². The van der Waals surface area contributed by atoms with Crippen LogP contribution in [0.3, 0.4) is 0 Å². The van der Waals surface area contributed by atoms with Gasteiger partial charge in [-0.3, -0.25) is 9.59 Å². The molecule has 39 heavy (non-hydrogen) atoms. The molecule has 0 aliphatic heterocycles. The van der Waals surface area contributed by atoms with Crippen LogP contribution >= 0.6 is 0 Å².